The zero-order valence-electron chi connectivity index (χ0n) is 18.3. The highest BCUT2D eigenvalue weighted by Crippen LogP contribution is 2.42. The Morgan fingerprint density at radius 2 is 2.03 bits per heavy atom. The summed E-state index contributed by atoms with van der Waals surface area (Å²) in [5.41, 5.74) is 4.36. The third kappa shape index (κ3) is 3.37. The molecule has 31 heavy (non-hydrogen) atoms. The Morgan fingerprint density at radius 3 is 2.68 bits per heavy atom. The van der Waals surface area contributed by atoms with Crippen LogP contribution >= 0.6 is 0 Å². The highest BCUT2D eigenvalue weighted by atomic mass is 16.5. The topological polar surface area (TPSA) is 80.5 Å². The largest absolute Gasteiger partial charge is 0.477 e. The quantitative estimate of drug-likeness (QED) is 0.677. The molecule has 0 aliphatic carbocycles. The zero-order valence-corrected chi connectivity index (χ0v) is 18.3. The van der Waals surface area contributed by atoms with Crippen LogP contribution in [0.15, 0.2) is 30.3 Å². The summed E-state index contributed by atoms with van der Waals surface area (Å²) in [6, 6.07) is 9.74. The van der Waals surface area contributed by atoms with Crippen molar-refractivity contribution in [3.05, 3.63) is 47.3 Å². The number of hydrogen-bond donors (Lipinski definition) is 1. The number of ether oxygens (including phenoxy) is 1. The van der Waals surface area contributed by atoms with Gasteiger partial charge in [-0.2, -0.15) is 5.10 Å². The van der Waals surface area contributed by atoms with Crippen LogP contribution in [0.2, 0.25) is 0 Å². The first-order valence-electron chi connectivity index (χ1n) is 11.0. The molecule has 5 rings (SSSR count). The van der Waals surface area contributed by atoms with Gasteiger partial charge in [-0.25, -0.2) is 14.5 Å². The monoisotopic (exact) mass is 420 g/mol. The summed E-state index contributed by atoms with van der Waals surface area (Å²) >= 11 is 0. The maximum atomic E-state index is 11.9. The number of aromatic carboxylic acids is 1. The fourth-order valence-corrected chi connectivity index (χ4v) is 4.80. The molecule has 2 fully saturated rings. The van der Waals surface area contributed by atoms with E-state index in [-0.39, 0.29) is 17.2 Å². The van der Waals surface area contributed by atoms with E-state index in [1.54, 1.807) is 10.7 Å². The van der Waals surface area contributed by atoms with Crippen LogP contribution < -0.4 is 4.90 Å². The van der Waals surface area contributed by atoms with E-state index in [0.717, 1.165) is 60.6 Å². The number of aryl methyl sites for hydroxylation is 1. The first kappa shape index (κ1) is 20.0. The molecule has 1 spiro atoms. The summed E-state index contributed by atoms with van der Waals surface area (Å²) in [4.78, 5) is 18.7. The molecule has 3 aromatic rings. The summed E-state index contributed by atoms with van der Waals surface area (Å²) in [5.74, 6) is -0.860. The van der Waals surface area contributed by atoms with Crippen LogP contribution in [0.3, 0.4) is 0 Å². The number of carboxylic acids is 1. The molecule has 0 bridgehead atoms. The minimum atomic E-state index is -1.03. The van der Waals surface area contributed by atoms with Crippen molar-refractivity contribution in [2.24, 2.45) is 0 Å². The van der Waals surface area contributed by atoms with Gasteiger partial charge in [0.05, 0.1) is 22.5 Å². The summed E-state index contributed by atoms with van der Waals surface area (Å²) in [6.45, 7) is 8.61. The number of aromatic nitrogens is 3. The van der Waals surface area contributed by atoms with E-state index in [2.05, 4.69) is 23.7 Å². The number of anilines is 1. The molecule has 0 saturated carbocycles. The Balaban J connectivity index is 1.69. The zero-order chi connectivity index (χ0) is 21.8. The number of nitrogens with zero attached hydrogens (tertiary/aromatic N) is 4. The van der Waals surface area contributed by atoms with Gasteiger partial charge in [-0.3, -0.25) is 0 Å². The molecule has 0 unspecified atom stereocenters. The van der Waals surface area contributed by atoms with Crippen molar-refractivity contribution in [2.75, 3.05) is 24.6 Å². The van der Waals surface area contributed by atoms with Crippen LogP contribution in [0.5, 0.6) is 0 Å². The molecular formula is C24H28N4O3. The van der Waals surface area contributed by atoms with Crippen molar-refractivity contribution in [2.45, 2.75) is 51.6 Å². The van der Waals surface area contributed by atoms with Gasteiger partial charge in [-0.1, -0.05) is 26.0 Å². The minimum absolute atomic E-state index is 0.0390. The normalized spacial score (nSPS) is 18.0. The number of hydrogen-bond acceptors (Lipinski definition) is 5. The maximum Gasteiger partial charge on any atom is 0.354 e. The van der Waals surface area contributed by atoms with E-state index in [9.17, 15) is 9.90 Å². The third-order valence-electron chi connectivity index (χ3n) is 6.39. The van der Waals surface area contributed by atoms with Crippen molar-refractivity contribution in [1.82, 2.24) is 14.8 Å². The van der Waals surface area contributed by atoms with Gasteiger partial charge in [0.15, 0.2) is 11.3 Å². The van der Waals surface area contributed by atoms with Crippen LogP contribution in [0.1, 0.15) is 60.8 Å². The molecule has 162 valence electrons. The average Bonchev–Trinajstić information content (AvgIpc) is 3.12. The predicted octanol–water partition coefficient (Wildman–Crippen LogP) is 4.31. The van der Waals surface area contributed by atoms with Gasteiger partial charge in [0.25, 0.3) is 0 Å². The molecule has 1 aromatic carbocycles. The van der Waals surface area contributed by atoms with E-state index < -0.39 is 5.97 Å². The third-order valence-corrected chi connectivity index (χ3v) is 6.39. The van der Waals surface area contributed by atoms with Crippen LogP contribution in [0, 0.1) is 6.92 Å². The lowest BCUT2D eigenvalue weighted by Gasteiger charge is -2.52. The summed E-state index contributed by atoms with van der Waals surface area (Å²) < 4.78 is 7.91. The second-order valence-corrected chi connectivity index (χ2v) is 9.17. The fraction of sp³-hybridized carbons (Fsp3) is 0.458. The van der Waals surface area contributed by atoms with E-state index in [4.69, 9.17) is 9.84 Å². The SMILES string of the molecule is Cc1cccc(-n2nc(C(C)C)c3c(N4CC5(CCCCO5)C4)cc(C(=O)O)nc32)c1. The molecule has 2 aliphatic heterocycles. The predicted molar refractivity (Wildman–Crippen MR) is 119 cm³/mol. The fourth-order valence-electron chi connectivity index (χ4n) is 4.80. The molecule has 1 N–H and O–H groups in total. The lowest BCUT2D eigenvalue weighted by molar-refractivity contribution is -0.0948. The number of carbonyl (C=O) groups is 1. The highest BCUT2D eigenvalue weighted by Gasteiger charge is 2.46. The highest BCUT2D eigenvalue weighted by molar-refractivity contribution is 5.98. The summed E-state index contributed by atoms with van der Waals surface area (Å²) in [6.07, 6.45) is 3.36. The molecule has 4 heterocycles. The van der Waals surface area contributed by atoms with Gasteiger partial charge in [0.1, 0.15) is 5.60 Å². The van der Waals surface area contributed by atoms with Crippen LogP contribution in [-0.2, 0) is 4.74 Å². The van der Waals surface area contributed by atoms with Crippen molar-refractivity contribution in [3.8, 4) is 5.69 Å². The van der Waals surface area contributed by atoms with Crippen molar-refractivity contribution < 1.29 is 14.6 Å². The first-order chi connectivity index (χ1) is 14.9. The van der Waals surface area contributed by atoms with E-state index in [1.807, 2.05) is 31.2 Å². The van der Waals surface area contributed by atoms with Crippen molar-refractivity contribution in [1.29, 1.82) is 0 Å². The molecule has 2 aromatic heterocycles. The molecule has 0 atom stereocenters. The number of rotatable bonds is 4. The lowest BCUT2D eigenvalue weighted by atomic mass is 9.85. The molecule has 2 saturated heterocycles. The Bertz CT molecular complexity index is 1150. The standard InChI is InChI=1S/C24H28N4O3/c1-15(2)21-20-19(27-13-24(14-27)9-4-5-10-31-24)12-18(23(29)30)25-22(20)28(26-21)17-8-6-7-16(3)11-17/h6-8,11-12,15H,4-5,9-10,13-14H2,1-3H3,(H,29,30). The first-order valence-corrected chi connectivity index (χ1v) is 11.0. The Morgan fingerprint density at radius 1 is 1.23 bits per heavy atom. The van der Waals surface area contributed by atoms with Crippen molar-refractivity contribution in [3.63, 3.8) is 0 Å². The van der Waals surface area contributed by atoms with Gasteiger partial charge < -0.3 is 14.7 Å². The molecule has 7 heteroatoms. The van der Waals surface area contributed by atoms with Crippen LogP contribution in [0.4, 0.5) is 5.69 Å². The molecule has 0 radical (unpaired) electrons. The average molecular weight is 421 g/mol. The number of fused-ring (bicyclic) bond motifs is 1. The van der Waals surface area contributed by atoms with Crippen molar-refractivity contribution >= 4 is 22.7 Å². The van der Waals surface area contributed by atoms with Gasteiger partial charge in [-0.15, -0.1) is 0 Å². The molecular weight excluding hydrogens is 392 g/mol. The second-order valence-electron chi connectivity index (χ2n) is 9.17. The summed E-state index contributed by atoms with van der Waals surface area (Å²) in [5, 5.41) is 15.6. The smallest absolute Gasteiger partial charge is 0.354 e. The van der Waals surface area contributed by atoms with E-state index in [1.165, 1.54) is 6.42 Å². The van der Waals surface area contributed by atoms with Crippen LogP contribution in [0.25, 0.3) is 16.7 Å². The van der Waals surface area contributed by atoms with Gasteiger partial charge in [-0.05, 0) is 55.9 Å². The number of pyridine rings is 1. The maximum absolute atomic E-state index is 11.9. The van der Waals surface area contributed by atoms with Gasteiger partial charge >= 0.3 is 5.97 Å². The second kappa shape index (κ2) is 7.34. The van der Waals surface area contributed by atoms with E-state index >= 15 is 0 Å². The Kier molecular flexibility index (Phi) is 4.73. The number of benzene rings is 1. The van der Waals surface area contributed by atoms with E-state index in [0.29, 0.717) is 5.65 Å². The Hall–Kier alpha value is -2.93. The number of carboxylic acid groups (broad SMARTS) is 1. The van der Waals surface area contributed by atoms with Gasteiger partial charge in [0, 0.05) is 19.7 Å². The lowest BCUT2D eigenvalue weighted by Crippen LogP contribution is -2.64. The summed E-state index contributed by atoms with van der Waals surface area (Å²) in [7, 11) is 0. The molecule has 2 aliphatic rings. The molecule has 7 nitrogen and oxygen atoms in total. The van der Waals surface area contributed by atoms with Gasteiger partial charge in [0.2, 0.25) is 0 Å². The van der Waals surface area contributed by atoms with Crippen LogP contribution in [-0.4, -0.2) is 51.1 Å². The minimum Gasteiger partial charge on any atom is -0.477 e. The molecule has 0 amide bonds. The Labute approximate surface area is 181 Å².